The van der Waals surface area contributed by atoms with Gasteiger partial charge in [-0.2, -0.15) is 0 Å². The van der Waals surface area contributed by atoms with Crippen LogP contribution in [0.4, 0.5) is 5.82 Å². The summed E-state index contributed by atoms with van der Waals surface area (Å²) >= 11 is 0. The molecule has 2 aliphatic heterocycles. The van der Waals surface area contributed by atoms with Crippen molar-refractivity contribution in [2.45, 2.75) is 69.9 Å². The molecule has 2 saturated heterocycles. The molecule has 6 heteroatoms. The van der Waals surface area contributed by atoms with Crippen molar-refractivity contribution in [1.29, 1.82) is 0 Å². The number of aryl methyl sites for hydroxylation is 1. The third-order valence-electron chi connectivity index (χ3n) is 6.84. The van der Waals surface area contributed by atoms with Crippen molar-refractivity contribution in [3.63, 3.8) is 0 Å². The minimum Gasteiger partial charge on any atom is -0.376 e. The smallest absolute Gasteiger partial charge is 0.140 e. The topological polar surface area (TPSA) is 76.6 Å². The Morgan fingerprint density at radius 3 is 2.77 bits per heavy atom. The van der Waals surface area contributed by atoms with Crippen molar-refractivity contribution in [3.8, 4) is 0 Å². The number of hydrogen-bond donors (Lipinski definition) is 1. The Balaban J connectivity index is 1.35. The SMILES string of the molecule is Cc1ccc2nc(C3CCC(=NCC4CCCO4)CC3)nc(N3CC[C@H](N)C3)c2c1. The van der Waals surface area contributed by atoms with Crippen LogP contribution in [-0.2, 0) is 4.74 Å². The van der Waals surface area contributed by atoms with E-state index in [4.69, 9.17) is 25.4 Å². The summed E-state index contributed by atoms with van der Waals surface area (Å²) in [5, 5.41) is 1.16. The molecule has 2 aromatic rings. The third kappa shape index (κ3) is 4.21. The number of hydrogen-bond acceptors (Lipinski definition) is 6. The maximum absolute atomic E-state index is 6.20. The monoisotopic (exact) mass is 407 g/mol. The van der Waals surface area contributed by atoms with Gasteiger partial charge in [0.25, 0.3) is 0 Å². The lowest BCUT2D eigenvalue weighted by molar-refractivity contribution is 0.117. The Bertz CT molecular complexity index is 927. The molecule has 30 heavy (non-hydrogen) atoms. The van der Waals surface area contributed by atoms with E-state index >= 15 is 0 Å². The van der Waals surface area contributed by atoms with Crippen LogP contribution in [0, 0.1) is 6.92 Å². The fraction of sp³-hybridized carbons (Fsp3) is 0.625. The number of anilines is 1. The van der Waals surface area contributed by atoms with E-state index in [1.165, 1.54) is 17.7 Å². The molecule has 0 amide bonds. The molecule has 2 atom stereocenters. The number of ether oxygens (including phenoxy) is 1. The first-order valence-corrected chi connectivity index (χ1v) is 11.6. The summed E-state index contributed by atoms with van der Waals surface area (Å²) in [6.07, 6.45) is 7.99. The third-order valence-corrected chi connectivity index (χ3v) is 6.84. The van der Waals surface area contributed by atoms with Crippen LogP contribution in [0.15, 0.2) is 23.2 Å². The highest BCUT2D eigenvalue weighted by Gasteiger charge is 2.27. The van der Waals surface area contributed by atoms with Crippen molar-refractivity contribution in [2.75, 3.05) is 31.1 Å². The maximum Gasteiger partial charge on any atom is 0.140 e. The Hall–Kier alpha value is -2.05. The second-order valence-electron chi connectivity index (χ2n) is 9.24. The zero-order valence-electron chi connectivity index (χ0n) is 18.0. The summed E-state index contributed by atoms with van der Waals surface area (Å²) in [5.41, 5.74) is 9.85. The highest BCUT2D eigenvalue weighted by molar-refractivity contribution is 5.90. The molecule has 3 heterocycles. The minimum absolute atomic E-state index is 0.237. The molecular formula is C24H33N5O. The Labute approximate surface area is 178 Å². The second-order valence-corrected chi connectivity index (χ2v) is 9.24. The van der Waals surface area contributed by atoms with Gasteiger partial charge in [0.15, 0.2) is 0 Å². The fourth-order valence-corrected chi connectivity index (χ4v) is 5.03. The highest BCUT2D eigenvalue weighted by Crippen LogP contribution is 2.34. The highest BCUT2D eigenvalue weighted by atomic mass is 16.5. The average Bonchev–Trinajstić information content (AvgIpc) is 3.44. The number of fused-ring (bicyclic) bond motifs is 1. The van der Waals surface area contributed by atoms with E-state index in [1.54, 1.807) is 0 Å². The van der Waals surface area contributed by atoms with Crippen molar-refractivity contribution >= 4 is 22.4 Å². The van der Waals surface area contributed by atoms with Crippen molar-refractivity contribution in [3.05, 3.63) is 29.6 Å². The van der Waals surface area contributed by atoms with Gasteiger partial charge < -0.3 is 15.4 Å². The van der Waals surface area contributed by atoms with Gasteiger partial charge in [-0.05, 0) is 64.0 Å². The van der Waals surface area contributed by atoms with Gasteiger partial charge in [0.1, 0.15) is 11.6 Å². The second kappa shape index (κ2) is 8.60. The van der Waals surface area contributed by atoms with E-state index in [0.717, 1.165) is 87.3 Å². The lowest BCUT2D eigenvalue weighted by Gasteiger charge is -2.25. The molecule has 1 aromatic heterocycles. The molecule has 3 aliphatic rings. The van der Waals surface area contributed by atoms with Crippen LogP contribution in [0.25, 0.3) is 10.9 Å². The summed E-state index contributed by atoms with van der Waals surface area (Å²) < 4.78 is 5.71. The molecular weight excluding hydrogens is 374 g/mol. The van der Waals surface area contributed by atoms with Crippen LogP contribution in [0.5, 0.6) is 0 Å². The normalized spacial score (nSPS) is 27.2. The van der Waals surface area contributed by atoms with Gasteiger partial charge in [-0.25, -0.2) is 9.97 Å². The number of nitrogens with two attached hydrogens (primary N) is 1. The number of aliphatic imine (C=N–C) groups is 1. The van der Waals surface area contributed by atoms with E-state index in [9.17, 15) is 0 Å². The van der Waals surface area contributed by atoms with Crippen LogP contribution in [0.2, 0.25) is 0 Å². The summed E-state index contributed by atoms with van der Waals surface area (Å²) in [6.45, 7) is 5.73. The molecule has 5 rings (SSSR count). The summed E-state index contributed by atoms with van der Waals surface area (Å²) in [7, 11) is 0. The van der Waals surface area contributed by atoms with Gasteiger partial charge in [0.2, 0.25) is 0 Å². The molecule has 1 saturated carbocycles. The van der Waals surface area contributed by atoms with Gasteiger partial charge in [0, 0.05) is 42.8 Å². The number of rotatable bonds is 4. The quantitative estimate of drug-likeness (QED) is 0.835. The molecule has 0 radical (unpaired) electrons. The summed E-state index contributed by atoms with van der Waals surface area (Å²) in [6, 6.07) is 6.75. The van der Waals surface area contributed by atoms with Gasteiger partial charge in [-0.1, -0.05) is 11.6 Å². The van der Waals surface area contributed by atoms with E-state index in [0.29, 0.717) is 12.0 Å². The Kier molecular flexibility index (Phi) is 5.70. The number of nitrogens with zero attached hydrogens (tertiary/aromatic N) is 4. The lowest BCUT2D eigenvalue weighted by Crippen LogP contribution is -2.27. The van der Waals surface area contributed by atoms with E-state index in [-0.39, 0.29) is 6.04 Å². The van der Waals surface area contributed by atoms with Crippen molar-refractivity contribution < 1.29 is 4.74 Å². The van der Waals surface area contributed by atoms with Gasteiger partial charge in [-0.15, -0.1) is 0 Å². The number of benzene rings is 1. The molecule has 160 valence electrons. The predicted octanol–water partition coefficient (Wildman–Crippen LogP) is 3.75. The van der Waals surface area contributed by atoms with Gasteiger partial charge in [-0.3, -0.25) is 4.99 Å². The Morgan fingerprint density at radius 2 is 2.03 bits per heavy atom. The van der Waals surface area contributed by atoms with Crippen LogP contribution in [0.3, 0.4) is 0 Å². The molecule has 1 unspecified atom stereocenters. The van der Waals surface area contributed by atoms with Gasteiger partial charge >= 0.3 is 0 Å². The molecule has 1 aliphatic carbocycles. The molecule has 0 bridgehead atoms. The lowest BCUT2D eigenvalue weighted by atomic mass is 9.87. The zero-order chi connectivity index (χ0) is 20.5. The van der Waals surface area contributed by atoms with E-state index in [1.807, 2.05) is 0 Å². The predicted molar refractivity (Wildman–Crippen MR) is 122 cm³/mol. The standard InChI is InChI=1S/C24H33N5O/c1-16-4-9-22-21(13-16)24(29-11-10-18(25)15-29)28-23(27-22)17-5-7-19(8-6-17)26-14-20-3-2-12-30-20/h4,9,13,17-18,20H,2-3,5-8,10-12,14-15,25H2,1H3/t17?,18-,20?/m0/s1. The number of aromatic nitrogens is 2. The average molecular weight is 408 g/mol. The van der Waals surface area contributed by atoms with E-state index < -0.39 is 0 Å². The minimum atomic E-state index is 0.237. The summed E-state index contributed by atoms with van der Waals surface area (Å²) in [4.78, 5) is 17.3. The van der Waals surface area contributed by atoms with Crippen LogP contribution >= 0.6 is 0 Å². The maximum atomic E-state index is 6.20. The Morgan fingerprint density at radius 1 is 1.17 bits per heavy atom. The molecule has 1 aromatic carbocycles. The largest absolute Gasteiger partial charge is 0.376 e. The van der Waals surface area contributed by atoms with Crippen LogP contribution < -0.4 is 10.6 Å². The molecule has 6 nitrogen and oxygen atoms in total. The van der Waals surface area contributed by atoms with Gasteiger partial charge in [0.05, 0.1) is 18.2 Å². The van der Waals surface area contributed by atoms with E-state index in [2.05, 4.69) is 30.0 Å². The molecule has 3 fully saturated rings. The molecule has 2 N–H and O–H groups in total. The van der Waals surface area contributed by atoms with Crippen molar-refractivity contribution in [2.24, 2.45) is 10.7 Å². The zero-order valence-corrected chi connectivity index (χ0v) is 18.0. The fourth-order valence-electron chi connectivity index (χ4n) is 5.03. The van der Waals surface area contributed by atoms with Crippen LogP contribution in [-0.4, -0.2) is 54.1 Å². The first kappa shape index (κ1) is 19.9. The van der Waals surface area contributed by atoms with Crippen molar-refractivity contribution in [1.82, 2.24) is 9.97 Å². The first-order valence-electron chi connectivity index (χ1n) is 11.6. The first-order chi connectivity index (χ1) is 14.7. The summed E-state index contributed by atoms with van der Waals surface area (Å²) in [5.74, 6) is 2.48. The molecule has 0 spiro atoms. The van der Waals surface area contributed by atoms with Crippen LogP contribution in [0.1, 0.15) is 62.3 Å².